The molecule has 1 aromatic heterocycles. The van der Waals surface area contributed by atoms with E-state index < -0.39 is 0 Å². The Morgan fingerprint density at radius 1 is 1.26 bits per heavy atom. The maximum Gasteiger partial charge on any atom is 0.229 e. The molecule has 19 heavy (non-hydrogen) atoms. The van der Waals surface area contributed by atoms with Gasteiger partial charge in [-0.1, -0.05) is 0 Å². The highest BCUT2D eigenvalue weighted by atomic mass is 16.5. The Bertz CT molecular complexity index is 394. The molecule has 1 aliphatic rings. The number of hydrogen-bond donors (Lipinski definition) is 1. The molecule has 0 aromatic carbocycles. The zero-order valence-electron chi connectivity index (χ0n) is 11.4. The quantitative estimate of drug-likeness (QED) is 0.815. The minimum absolute atomic E-state index is 0.00537. The Balaban J connectivity index is 2.09. The van der Waals surface area contributed by atoms with Crippen molar-refractivity contribution in [1.82, 2.24) is 9.97 Å². The van der Waals surface area contributed by atoms with Crippen molar-refractivity contribution >= 4 is 5.95 Å². The van der Waals surface area contributed by atoms with E-state index in [1.807, 2.05) is 6.92 Å². The van der Waals surface area contributed by atoms with Gasteiger partial charge in [-0.05, 0) is 6.92 Å². The molecule has 1 aliphatic heterocycles. The summed E-state index contributed by atoms with van der Waals surface area (Å²) in [7, 11) is 3.10. The summed E-state index contributed by atoms with van der Waals surface area (Å²) in [6.07, 6.45) is 0.00537. The van der Waals surface area contributed by atoms with Gasteiger partial charge >= 0.3 is 0 Å². The van der Waals surface area contributed by atoms with Gasteiger partial charge in [0.1, 0.15) is 6.10 Å². The van der Waals surface area contributed by atoms with Gasteiger partial charge in [0.15, 0.2) is 0 Å². The lowest BCUT2D eigenvalue weighted by atomic mass is 10.2. The van der Waals surface area contributed by atoms with Gasteiger partial charge in [0.25, 0.3) is 0 Å². The van der Waals surface area contributed by atoms with E-state index in [-0.39, 0.29) is 12.1 Å². The normalized spacial score (nSPS) is 22.3. The summed E-state index contributed by atoms with van der Waals surface area (Å²) in [6.45, 7) is 3.75. The lowest BCUT2D eigenvalue weighted by Crippen LogP contribution is -2.35. The van der Waals surface area contributed by atoms with Crippen molar-refractivity contribution < 1.29 is 18.9 Å². The lowest BCUT2D eigenvalue weighted by molar-refractivity contribution is 0.0477. The first-order valence-corrected chi connectivity index (χ1v) is 6.19. The van der Waals surface area contributed by atoms with E-state index in [0.717, 1.165) is 0 Å². The van der Waals surface area contributed by atoms with Crippen molar-refractivity contribution in [2.75, 3.05) is 39.4 Å². The lowest BCUT2D eigenvalue weighted by Gasteiger charge is -2.19. The first-order chi connectivity index (χ1) is 9.26. The Morgan fingerprint density at radius 3 is 2.53 bits per heavy atom. The van der Waals surface area contributed by atoms with Gasteiger partial charge < -0.3 is 24.3 Å². The average molecular weight is 269 g/mol. The highest BCUT2D eigenvalue weighted by Gasteiger charge is 2.29. The van der Waals surface area contributed by atoms with Crippen LogP contribution in [0.1, 0.15) is 6.92 Å². The summed E-state index contributed by atoms with van der Waals surface area (Å²) in [6, 6.07) is 1.65. The molecule has 0 saturated carbocycles. The smallest absolute Gasteiger partial charge is 0.229 e. The molecule has 1 saturated heterocycles. The van der Waals surface area contributed by atoms with Gasteiger partial charge in [-0.15, -0.1) is 0 Å². The molecule has 2 atom stereocenters. The Kier molecular flexibility index (Phi) is 4.75. The van der Waals surface area contributed by atoms with E-state index in [1.165, 1.54) is 0 Å². The molecule has 0 bridgehead atoms. The number of hydrogen-bond acceptors (Lipinski definition) is 7. The van der Waals surface area contributed by atoms with E-state index in [4.69, 9.17) is 18.9 Å². The molecule has 0 unspecified atom stereocenters. The molecule has 1 fully saturated rings. The van der Waals surface area contributed by atoms with Crippen molar-refractivity contribution in [1.29, 1.82) is 0 Å². The maximum absolute atomic E-state index is 5.60. The zero-order valence-corrected chi connectivity index (χ0v) is 11.4. The molecule has 1 aromatic rings. The molecule has 106 valence electrons. The zero-order chi connectivity index (χ0) is 13.7. The third kappa shape index (κ3) is 3.45. The maximum atomic E-state index is 5.60. The highest BCUT2D eigenvalue weighted by Crippen LogP contribution is 2.20. The standard InChI is InChI=1S/C12H19N3O4/c1-4-19-9-7-18-6-8(9)13-12-14-10(16-2)5-11(15-12)17-3/h5,8-9H,4,6-7H2,1-3H3,(H,13,14,15)/t8-,9-/m0/s1. The van der Waals surface area contributed by atoms with Crippen LogP contribution >= 0.6 is 0 Å². The minimum Gasteiger partial charge on any atom is -0.481 e. The van der Waals surface area contributed by atoms with Gasteiger partial charge in [0, 0.05) is 6.61 Å². The number of aromatic nitrogens is 2. The summed E-state index contributed by atoms with van der Waals surface area (Å²) in [4.78, 5) is 8.44. The van der Waals surface area contributed by atoms with E-state index in [2.05, 4.69) is 15.3 Å². The van der Waals surface area contributed by atoms with E-state index >= 15 is 0 Å². The van der Waals surface area contributed by atoms with Crippen molar-refractivity contribution in [3.63, 3.8) is 0 Å². The van der Waals surface area contributed by atoms with Crippen LogP contribution in [0.5, 0.6) is 11.8 Å². The Labute approximate surface area is 112 Å². The third-order valence-electron chi connectivity index (χ3n) is 2.82. The topological polar surface area (TPSA) is 74.7 Å². The molecule has 0 amide bonds. The number of nitrogens with zero attached hydrogens (tertiary/aromatic N) is 2. The Morgan fingerprint density at radius 2 is 1.95 bits per heavy atom. The second-order valence-electron chi connectivity index (χ2n) is 4.06. The van der Waals surface area contributed by atoms with Crippen molar-refractivity contribution in [2.45, 2.75) is 19.1 Å². The number of nitrogens with one attached hydrogen (secondary N) is 1. The van der Waals surface area contributed by atoms with E-state index in [1.54, 1.807) is 20.3 Å². The number of methoxy groups -OCH3 is 2. The second kappa shape index (κ2) is 6.53. The average Bonchev–Trinajstić information content (AvgIpc) is 2.86. The predicted molar refractivity (Wildman–Crippen MR) is 68.8 cm³/mol. The summed E-state index contributed by atoms with van der Waals surface area (Å²) < 4.78 is 21.2. The fraction of sp³-hybridized carbons (Fsp3) is 0.667. The number of ether oxygens (including phenoxy) is 4. The monoisotopic (exact) mass is 269 g/mol. The fourth-order valence-corrected chi connectivity index (χ4v) is 1.89. The van der Waals surface area contributed by atoms with Crippen LogP contribution in [0, 0.1) is 0 Å². The van der Waals surface area contributed by atoms with Crippen LogP contribution in [-0.2, 0) is 9.47 Å². The molecule has 7 heteroatoms. The number of anilines is 1. The van der Waals surface area contributed by atoms with Gasteiger partial charge in [0.05, 0.1) is 39.5 Å². The van der Waals surface area contributed by atoms with Crippen LogP contribution in [-0.4, -0.2) is 56.2 Å². The van der Waals surface area contributed by atoms with Crippen LogP contribution in [0.4, 0.5) is 5.95 Å². The molecule has 0 aliphatic carbocycles. The minimum atomic E-state index is 0.00537. The van der Waals surface area contributed by atoms with Crippen molar-refractivity contribution in [3.8, 4) is 11.8 Å². The largest absolute Gasteiger partial charge is 0.481 e. The molecule has 0 radical (unpaired) electrons. The van der Waals surface area contributed by atoms with Crippen LogP contribution in [0.3, 0.4) is 0 Å². The number of rotatable bonds is 6. The SMILES string of the molecule is CCO[C@H]1COC[C@@H]1Nc1nc(OC)cc(OC)n1. The van der Waals surface area contributed by atoms with Gasteiger partial charge in [-0.3, -0.25) is 0 Å². The second-order valence-corrected chi connectivity index (χ2v) is 4.06. The fourth-order valence-electron chi connectivity index (χ4n) is 1.89. The van der Waals surface area contributed by atoms with Gasteiger partial charge in [-0.25, -0.2) is 0 Å². The predicted octanol–water partition coefficient (Wildman–Crippen LogP) is 0.710. The van der Waals surface area contributed by atoms with Gasteiger partial charge in [0.2, 0.25) is 17.7 Å². The molecule has 2 heterocycles. The van der Waals surface area contributed by atoms with Crippen LogP contribution in [0.15, 0.2) is 6.07 Å². The molecule has 0 spiro atoms. The molecule has 7 nitrogen and oxygen atoms in total. The summed E-state index contributed by atoms with van der Waals surface area (Å²) in [5, 5.41) is 3.19. The van der Waals surface area contributed by atoms with Crippen molar-refractivity contribution in [3.05, 3.63) is 6.07 Å². The molecular formula is C12H19N3O4. The highest BCUT2D eigenvalue weighted by molar-refractivity contribution is 5.35. The molecule has 2 rings (SSSR count). The first-order valence-electron chi connectivity index (χ1n) is 6.19. The van der Waals surface area contributed by atoms with Crippen LogP contribution in [0.25, 0.3) is 0 Å². The third-order valence-corrected chi connectivity index (χ3v) is 2.82. The first kappa shape index (κ1) is 13.8. The molecule has 1 N–H and O–H groups in total. The summed E-state index contributed by atoms with van der Waals surface area (Å²) in [5.74, 6) is 1.33. The van der Waals surface area contributed by atoms with Crippen LogP contribution in [0.2, 0.25) is 0 Å². The van der Waals surface area contributed by atoms with Crippen LogP contribution < -0.4 is 14.8 Å². The van der Waals surface area contributed by atoms with E-state index in [9.17, 15) is 0 Å². The Hall–Kier alpha value is -1.60. The van der Waals surface area contributed by atoms with Gasteiger partial charge in [-0.2, -0.15) is 9.97 Å². The molecular weight excluding hydrogens is 250 g/mol. The summed E-state index contributed by atoms with van der Waals surface area (Å²) in [5.41, 5.74) is 0. The van der Waals surface area contributed by atoms with E-state index in [0.29, 0.717) is 37.5 Å². The summed E-state index contributed by atoms with van der Waals surface area (Å²) >= 11 is 0. The van der Waals surface area contributed by atoms with Crippen molar-refractivity contribution in [2.24, 2.45) is 0 Å².